The van der Waals surface area contributed by atoms with Gasteiger partial charge in [-0.2, -0.15) is 0 Å². The highest BCUT2D eigenvalue weighted by Gasteiger charge is 2.21. The average molecular weight is 397 g/mol. The van der Waals surface area contributed by atoms with E-state index in [1.54, 1.807) is 0 Å². The zero-order valence-corrected chi connectivity index (χ0v) is 18.5. The fourth-order valence-corrected chi connectivity index (χ4v) is 3.84. The molecular formula is C22H28N4OS. The highest BCUT2D eigenvalue weighted by Crippen LogP contribution is 2.25. The zero-order chi connectivity index (χ0) is 20.6. The number of benzene rings is 1. The summed E-state index contributed by atoms with van der Waals surface area (Å²) in [5.74, 6) is 1.24. The minimum absolute atomic E-state index is 0.0904. The van der Waals surface area contributed by atoms with Crippen LogP contribution < -0.4 is 0 Å². The number of rotatable bonds is 5. The molecule has 0 bridgehead atoms. The SMILES string of the molecule is Cc1ccc(-n2c(C)cc(C(=O)CSc3n[nH]c(C(C)(C)C)n3)c2C)cc1C. The third kappa shape index (κ3) is 4.07. The third-order valence-corrected chi connectivity index (χ3v) is 5.84. The number of Topliss-reactive ketones (excluding diaryl/α,β-unsaturated/α-hetero) is 1. The van der Waals surface area contributed by atoms with Crippen molar-refractivity contribution in [2.45, 2.75) is 59.0 Å². The van der Waals surface area contributed by atoms with Gasteiger partial charge in [0.15, 0.2) is 5.78 Å². The van der Waals surface area contributed by atoms with Crippen molar-refractivity contribution in [3.05, 3.63) is 58.2 Å². The molecular weight excluding hydrogens is 368 g/mol. The molecule has 0 spiro atoms. The summed E-state index contributed by atoms with van der Waals surface area (Å²) in [7, 11) is 0. The van der Waals surface area contributed by atoms with Gasteiger partial charge in [-0.3, -0.25) is 9.89 Å². The van der Waals surface area contributed by atoms with Crippen LogP contribution in [0, 0.1) is 27.7 Å². The molecule has 0 saturated carbocycles. The Morgan fingerprint density at radius 1 is 1.11 bits per heavy atom. The Balaban J connectivity index is 1.79. The number of hydrogen-bond acceptors (Lipinski definition) is 4. The van der Waals surface area contributed by atoms with Gasteiger partial charge in [-0.15, -0.1) is 5.10 Å². The molecule has 0 unspecified atom stereocenters. The largest absolute Gasteiger partial charge is 0.318 e. The minimum Gasteiger partial charge on any atom is -0.318 e. The standard InChI is InChI=1S/C22H28N4OS/c1-13-8-9-17(10-14(13)2)26-15(3)11-18(16(26)4)19(27)12-28-21-23-20(24-25-21)22(5,6)7/h8-11H,12H2,1-7H3,(H,23,24,25). The number of thioether (sulfide) groups is 1. The van der Waals surface area contributed by atoms with Crippen LogP contribution in [0.4, 0.5) is 0 Å². The first-order chi connectivity index (χ1) is 13.1. The first-order valence-corrected chi connectivity index (χ1v) is 10.4. The molecule has 3 aromatic rings. The topological polar surface area (TPSA) is 63.6 Å². The van der Waals surface area contributed by atoms with Crippen molar-refractivity contribution in [1.29, 1.82) is 0 Å². The van der Waals surface area contributed by atoms with Crippen LogP contribution in [0.1, 0.15) is 59.5 Å². The fourth-order valence-electron chi connectivity index (χ4n) is 3.16. The molecule has 2 heterocycles. The van der Waals surface area contributed by atoms with E-state index in [1.165, 1.54) is 22.9 Å². The van der Waals surface area contributed by atoms with Crippen LogP contribution in [0.3, 0.4) is 0 Å². The van der Waals surface area contributed by atoms with Gasteiger partial charge in [-0.05, 0) is 57.0 Å². The van der Waals surface area contributed by atoms with Crippen LogP contribution in [0.5, 0.6) is 0 Å². The lowest BCUT2D eigenvalue weighted by atomic mass is 9.96. The summed E-state index contributed by atoms with van der Waals surface area (Å²) in [5.41, 5.74) is 6.29. The van der Waals surface area contributed by atoms with Crippen molar-refractivity contribution in [2.24, 2.45) is 0 Å². The van der Waals surface area contributed by atoms with Crippen LogP contribution in [0.25, 0.3) is 5.69 Å². The lowest BCUT2D eigenvalue weighted by Crippen LogP contribution is -2.13. The van der Waals surface area contributed by atoms with Crippen LogP contribution in [0.15, 0.2) is 29.4 Å². The Labute approximate surface area is 171 Å². The number of ketones is 1. The van der Waals surface area contributed by atoms with Crippen molar-refractivity contribution in [2.75, 3.05) is 5.75 Å². The van der Waals surface area contributed by atoms with Crippen molar-refractivity contribution in [1.82, 2.24) is 19.7 Å². The van der Waals surface area contributed by atoms with Crippen LogP contribution >= 0.6 is 11.8 Å². The Kier molecular flexibility index (Phi) is 5.53. The van der Waals surface area contributed by atoms with Gasteiger partial charge in [0.25, 0.3) is 0 Å². The van der Waals surface area contributed by atoms with E-state index in [0.717, 1.165) is 28.5 Å². The molecule has 0 fully saturated rings. The number of H-pyrrole nitrogens is 1. The van der Waals surface area contributed by atoms with Gasteiger partial charge in [-0.25, -0.2) is 4.98 Å². The van der Waals surface area contributed by atoms with Crippen molar-refractivity contribution >= 4 is 17.5 Å². The van der Waals surface area contributed by atoms with Gasteiger partial charge in [0, 0.05) is 28.1 Å². The van der Waals surface area contributed by atoms with Gasteiger partial charge >= 0.3 is 0 Å². The van der Waals surface area contributed by atoms with E-state index in [2.05, 4.69) is 72.6 Å². The summed E-state index contributed by atoms with van der Waals surface area (Å²) in [6.07, 6.45) is 0. The van der Waals surface area contributed by atoms with E-state index < -0.39 is 0 Å². The smallest absolute Gasteiger partial charge is 0.208 e. The summed E-state index contributed by atoms with van der Waals surface area (Å²) < 4.78 is 2.15. The van der Waals surface area contributed by atoms with E-state index >= 15 is 0 Å². The van der Waals surface area contributed by atoms with Crippen LogP contribution in [0.2, 0.25) is 0 Å². The lowest BCUT2D eigenvalue weighted by molar-refractivity contribution is 0.102. The zero-order valence-electron chi connectivity index (χ0n) is 17.7. The van der Waals surface area contributed by atoms with Gasteiger partial charge in [0.2, 0.25) is 5.16 Å². The molecule has 0 saturated heterocycles. The van der Waals surface area contributed by atoms with Crippen molar-refractivity contribution in [3.8, 4) is 5.69 Å². The van der Waals surface area contributed by atoms with E-state index in [1.807, 2.05) is 19.9 Å². The first kappa shape index (κ1) is 20.4. The summed E-state index contributed by atoms with van der Waals surface area (Å²) in [4.78, 5) is 17.4. The normalized spacial score (nSPS) is 11.8. The second-order valence-electron chi connectivity index (χ2n) is 8.32. The summed E-state index contributed by atoms with van der Waals surface area (Å²) >= 11 is 1.37. The number of aromatic amines is 1. The first-order valence-electron chi connectivity index (χ1n) is 9.43. The molecule has 3 rings (SSSR count). The second kappa shape index (κ2) is 7.59. The summed E-state index contributed by atoms with van der Waals surface area (Å²) in [6, 6.07) is 8.37. The molecule has 28 heavy (non-hydrogen) atoms. The number of carbonyl (C=O) groups is 1. The van der Waals surface area contributed by atoms with E-state index in [4.69, 9.17) is 0 Å². The summed E-state index contributed by atoms with van der Waals surface area (Å²) in [5, 5.41) is 7.81. The number of nitrogens with one attached hydrogen (secondary N) is 1. The number of hydrogen-bond donors (Lipinski definition) is 1. The Hall–Kier alpha value is -2.34. The monoisotopic (exact) mass is 396 g/mol. The predicted octanol–water partition coefficient (Wildman–Crippen LogP) is 5.10. The van der Waals surface area contributed by atoms with Gasteiger partial charge in [-0.1, -0.05) is 38.6 Å². The maximum Gasteiger partial charge on any atom is 0.208 e. The quantitative estimate of drug-likeness (QED) is 0.481. The highest BCUT2D eigenvalue weighted by molar-refractivity contribution is 7.99. The van der Waals surface area contributed by atoms with Gasteiger partial charge in [0.05, 0.1) is 5.75 Å². The number of carbonyl (C=O) groups excluding carboxylic acids is 1. The Morgan fingerprint density at radius 3 is 2.43 bits per heavy atom. The van der Waals surface area contributed by atoms with E-state index in [0.29, 0.717) is 10.9 Å². The molecule has 6 heteroatoms. The van der Waals surface area contributed by atoms with Crippen LogP contribution in [-0.4, -0.2) is 31.3 Å². The molecule has 0 radical (unpaired) electrons. The number of nitrogens with zero attached hydrogens (tertiary/aromatic N) is 3. The molecule has 148 valence electrons. The second-order valence-corrected chi connectivity index (χ2v) is 9.26. The lowest BCUT2D eigenvalue weighted by Gasteiger charge is -2.12. The molecule has 0 amide bonds. The van der Waals surface area contributed by atoms with E-state index in [9.17, 15) is 4.79 Å². The molecule has 2 aromatic heterocycles. The molecule has 1 aromatic carbocycles. The average Bonchev–Trinajstić information content (AvgIpc) is 3.20. The van der Waals surface area contributed by atoms with Gasteiger partial charge in [0.1, 0.15) is 5.82 Å². The minimum atomic E-state index is -0.0904. The number of aryl methyl sites for hydroxylation is 3. The predicted molar refractivity (Wildman–Crippen MR) is 115 cm³/mol. The molecule has 0 aliphatic heterocycles. The maximum absolute atomic E-state index is 12.9. The Morgan fingerprint density at radius 2 is 1.82 bits per heavy atom. The van der Waals surface area contributed by atoms with E-state index in [-0.39, 0.29) is 11.2 Å². The molecule has 0 atom stereocenters. The Bertz CT molecular complexity index is 1020. The fraction of sp³-hybridized carbons (Fsp3) is 0.409. The van der Waals surface area contributed by atoms with Gasteiger partial charge < -0.3 is 4.57 Å². The molecule has 0 aliphatic carbocycles. The third-order valence-electron chi connectivity index (χ3n) is 4.99. The molecule has 0 aliphatic rings. The number of aromatic nitrogens is 4. The summed E-state index contributed by atoms with van der Waals surface area (Å²) in [6.45, 7) is 14.5. The maximum atomic E-state index is 12.9. The van der Waals surface area contributed by atoms with Crippen LogP contribution in [-0.2, 0) is 5.41 Å². The molecule has 1 N–H and O–H groups in total. The van der Waals surface area contributed by atoms with Crippen molar-refractivity contribution < 1.29 is 4.79 Å². The highest BCUT2D eigenvalue weighted by atomic mass is 32.2. The van der Waals surface area contributed by atoms with Crippen molar-refractivity contribution in [3.63, 3.8) is 0 Å². The molecule has 5 nitrogen and oxygen atoms in total.